The molecule has 0 aliphatic carbocycles. The van der Waals surface area contributed by atoms with Crippen LogP contribution >= 0.6 is 0 Å². The first-order valence-corrected chi connectivity index (χ1v) is 3.93. The third-order valence-corrected chi connectivity index (χ3v) is 1.72. The number of imide groups is 1. The van der Waals surface area contributed by atoms with Crippen molar-refractivity contribution in [3.63, 3.8) is 0 Å². The van der Waals surface area contributed by atoms with Crippen LogP contribution in [0.3, 0.4) is 0 Å². The van der Waals surface area contributed by atoms with Gasteiger partial charge in [0.1, 0.15) is 0 Å². The summed E-state index contributed by atoms with van der Waals surface area (Å²) in [4.78, 5) is 34.1. The van der Waals surface area contributed by atoms with Gasteiger partial charge in [-0.3, -0.25) is 19.3 Å². The predicted octanol–water partition coefficient (Wildman–Crippen LogP) is -2.18. The van der Waals surface area contributed by atoms with Gasteiger partial charge in [0.25, 0.3) is 0 Å². The Hall–Kier alpha value is -1.43. The number of amides is 3. The lowest BCUT2D eigenvalue weighted by Gasteiger charge is -2.25. The number of nitrogens with one attached hydrogen (secondary N) is 1. The van der Waals surface area contributed by atoms with E-state index >= 15 is 0 Å². The minimum atomic E-state index is -0.825. The molecule has 6 heteroatoms. The van der Waals surface area contributed by atoms with Crippen LogP contribution in [0.4, 0.5) is 0 Å². The molecule has 0 aromatic rings. The fourth-order valence-corrected chi connectivity index (χ4v) is 1.04. The van der Waals surface area contributed by atoms with Crippen molar-refractivity contribution in [1.82, 2.24) is 10.2 Å². The summed E-state index contributed by atoms with van der Waals surface area (Å²) in [6, 6.07) is -0.755. The summed E-state index contributed by atoms with van der Waals surface area (Å²) in [7, 11) is 0. The van der Waals surface area contributed by atoms with E-state index in [2.05, 4.69) is 5.32 Å². The van der Waals surface area contributed by atoms with Crippen LogP contribution in [-0.2, 0) is 14.4 Å². The van der Waals surface area contributed by atoms with E-state index in [1.54, 1.807) is 0 Å². The molecule has 0 radical (unpaired) electrons. The molecule has 0 saturated carbocycles. The highest BCUT2D eigenvalue weighted by Gasteiger charge is 2.31. The van der Waals surface area contributed by atoms with Crippen molar-refractivity contribution in [2.45, 2.75) is 13.0 Å². The van der Waals surface area contributed by atoms with Gasteiger partial charge in [-0.2, -0.15) is 0 Å². The number of rotatable bonds is 1. The molecule has 0 bridgehead atoms. The topological polar surface area (TPSA) is 92.5 Å². The molecule has 0 spiro atoms. The Morgan fingerprint density at radius 1 is 1.62 bits per heavy atom. The number of carbonyl (C=O) groups is 3. The molecule has 1 rings (SSSR count). The van der Waals surface area contributed by atoms with Gasteiger partial charge in [-0.1, -0.05) is 0 Å². The average molecular weight is 185 g/mol. The Morgan fingerprint density at radius 2 is 2.23 bits per heavy atom. The molecule has 1 heterocycles. The molecule has 1 atom stereocenters. The molecule has 72 valence electrons. The van der Waals surface area contributed by atoms with Crippen molar-refractivity contribution >= 4 is 17.7 Å². The normalized spacial score (nSPS) is 19.7. The molecule has 13 heavy (non-hydrogen) atoms. The zero-order valence-corrected chi connectivity index (χ0v) is 7.24. The van der Waals surface area contributed by atoms with E-state index in [9.17, 15) is 14.4 Å². The Morgan fingerprint density at radius 3 is 2.77 bits per heavy atom. The molecule has 3 amide bonds. The maximum atomic E-state index is 11.3. The summed E-state index contributed by atoms with van der Waals surface area (Å²) in [5.41, 5.74) is 5.30. The Balaban J connectivity index is 2.74. The number of carbonyl (C=O) groups excluding carboxylic acids is 3. The van der Waals surface area contributed by atoms with Gasteiger partial charge in [-0.25, -0.2) is 0 Å². The molecule has 1 aliphatic heterocycles. The first-order chi connectivity index (χ1) is 6.04. The van der Waals surface area contributed by atoms with Crippen LogP contribution in [0.1, 0.15) is 6.92 Å². The Labute approximate surface area is 75.1 Å². The highest BCUT2D eigenvalue weighted by atomic mass is 16.2. The Kier molecular flexibility index (Phi) is 2.62. The van der Waals surface area contributed by atoms with Crippen LogP contribution in [0.15, 0.2) is 0 Å². The van der Waals surface area contributed by atoms with E-state index in [0.29, 0.717) is 6.54 Å². The monoisotopic (exact) mass is 185 g/mol. The van der Waals surface area contributed by atoms with Gasteiger partial charge < -0.3 is 11.1 Å². The third-order valence-electron chi connectivity index (χ3n) is 1.72. The first kappa shape index (κ1) is 9.66. The number of nitrogens with two attached hydrogens (primary N) is 1. The summed E-state index contributed by atoms with van der Waals surface area (Å²) in [5.74, 6) is -2.09. The maximum absolute atomic E-state index is 11.3. The summed E-state index contributed by atoms with van der Waals surface area (Å²) in [6.07, 6.45) is 0. The molecule has 6 nitrogen and oxygen atoms in total. The van der Waals surface area contributed by atoms with Crippen LogP contribution in [0.25, 0.3) is 0 Å². The highest BCUT2D eigenvalue weighted by Crippen LogP contribution is 1.98. The Bertz CT molecular complexity index is 262. The zero-order valence-electron chi connectivity index (χ0n) is 7.24. The minimum Gasteiger partial charge on any atom is -0.346 e. The van der Waals surface area contributed by atoms with Gasteiger partial charge in [-0.05, 0) is 6.92 Å². The SMILES string of the molecule is CC(N)C(=O)N1CCNC(=O)C1=O. The molecule has 0 aromatic carbocycles. The standard InChI is InChI=1S/C7H11N3O3/c1-4(8)6(12)10-3-2-9-5(11)7(10)13/h4H,2-3,8H2,1H3,(H,9,11). The van der Waals surface area contributed by atoms with Crippen LogP contribution < -0.4 is 11.1 Å². The molecule has 3 N–H and O–H groups in total. The molecule has 1 saturated heterocycles. The van der Waals surface area contributed by atoms with Crippen LogP contribution in [0.2, 0.25) is 0 Å². The average Bonchev–Trinajstić information content (AvgIpc) is 2.08. The summed E-state index contributed by atoms with van der Waals surface area (Å²) in [5, 5.41) is 2.33. The van der Waals surface area contributed by atoms with Crippen LogP contribution in [0, 0.1) is 0 Å². The smallest absolute Gasteiger partial charge is 0.318 e. The number of piperazine rings is 1. The van der Waals surface area contributed by atoms with E-state index in [1.807, 2.05) is 0 Å². The van der Waals surface area contributed by atoms with Crippen molar-refractivity contribution < 1.29 is 14.4 Å². The van der Waals surface area contributed by atoms with Crippen molar-refractivity contribution in [2.24, 2.45) is 5.73 Å². The molecule has 0 aromatic heterocycles. The summed E-state index contributed by atoms with van der Waals surface area (Å²) >= 11 is 0. The van der Waals surface area contributed by atoms with Crippen molar-refractivity contribution in [1.29, 1.82) is 0 Å². The van der Waals surface area contributed by atoms with Gasteiger partial charge in [-0.15, -0.1) is 0 Å². The van der Waals surface area contributed by atoms with Crippen molar-refractivity contribution in [2.75, 3.05) is 13.1 Å². The second-order valence-electron chi connectivity index (χ2n) is 2.84. The first-order valence-electron chi connectivity index (χ1n) is 3.93. The van der Waals surface area contributed by atoms with Gasteiger partial charge in [0.2, 0.25) is 5.91 Å². The molecule has 1 unspecified atom stereocenters. The predicted molar refractivity (Wildman–Crippen MR) is 43.4 cm³/mol. The summed E-state index contributed by atoms with van der Waals surface area (Å²) < 4.78 is 0. The number of nitrogens with zero attached hydrogens (tertiary/aromatic N) is 1. The maximum Gasteiger partial charge on any atom is 0.318 e. The highest BCUT2D eigenvalue weighted by molar-refractivity contribution is 6.38. The van der Waals surface area contributed by atoms with E-state index in [0.717, 1.165) is 4.90 Å². The quantitative estimate of drug-likeness (QED) is 0.454. The molecule has 1 fully saturated rings. The van der Waals surface area contributed by atoms with Crippen LogP contribution in [0.5, 0.6) is 0 Å². The van der Waals surface area contributed by atoms with Crippen LogP contribution in [-0.4, -0.2) is 41.8 Å². The van der Waals surface area contributed by atoms with E-state index in [-0.39, 0.29) is 6.54 Å². The molecule has 1 aliphatic rings. The fourth-order valence-electron chi connectivity index (χ4n) is 1.04. The number of hydrogen-bond donors (Lipinski definition) is 2. The van der Waals surface area contributed by atoms with Crippen molar-refractivity contribution in [3.05, 3.63) is 0 Å². The number of hydrogen-bond acceptors (Lipinski definition) is 4. The van der Waals surface area contributed by atoms with E-state index in [4.69, 9.17) is 5.73 Å². The third kappa shape index (κ3) is 1.83. The zero-order chi connectivity index (χ0) is 10.0. The second kappa shape index (κ2) is 3.53. The molecular formula is C7H11N3O3. The minimum absolute atomic E-state index is 0.199. The van der Waals surface area contributed by atoms with Gasteiger partial charge in [0.15, 0.2) is 0 Å². The van der Waals surface area contributed by atoms with E-state index < -0.39 is 23.8 Å². The lowest BCUT2D eigenvalue weighted by Crippen LogP contribution is -2.57. The lowest BCUT2D eigenvalue weighted by atomic mass is 10.2. The fraction of sp³-hybridized carbons (Fsp3) is 0.571. The molecular weight excluding hydrogens is 174 g/mol. The second-order valence-corrected chi connectivity index (χ2v) is 2.84. The van der Waals surface area contributed by atoms with Gasteiger partial charge >= 0.3 is 11.8 Å². The van der Waals surface area contributed by atoms with Gasteiger partial charge in [0, 0.05) is 13.1 Å². The summed E-state index contributed by atoms with van der Waals surface area (Å²) in [6.45, 7) is 1.97. The van der Waals surface area contributed by atoms with E-state index in [1.165, 1.54) is 6.92 Å². The van der Waals surface area contributed by atoms with Crippen molar-refractivity contribution in [3.8, 4) is 0 Å². The largest absolute Gasteiger partial charge is 0.346 e. The van der Waals surface area contributed by atoms with Gasteiger partial charge in [0.05, 0.1) is 6.04 Å². The lowest BCUT2D eigenvalue weighted by molar-refractivity contribution is -0.155.